The fourth-order valence-corrected chi connectivity index (χ4v) is 5.84. The number of piperidine rings is 1. The standard InChI is InChI=1S/C27H31FN4O3/c1-17(33)32-16-27(11-13-31(14-12-27)25(34)30-21-8-6-5-7-20(21)28)23-19-10-9-18(35-4)15-22(19)29-24(23)26(32,2)3/h5-10,15,29H,11-14,16H2,1-4H3,(H,30,34). The monoisotopic (exact) mass is 478 g/mol. The van der Waals surface area contributed by atoms with Crippen LogP contribution in [-0.4, -0.2) is 53.5 Å². The number of fused-ring (bicyclic) bond motifs is 4. The number of carbonyl (C=O) groups excluding carboxylic acids is 2. The van der Waals surface area contributed by atoms with E-state index in [1.165, 1.54) is 11.6 Å². The summed E-state index contributed by atoms with van der Waals surface area (Å²) in [5.41, 5.74) is 2.62. The van der Waals surface area contributed by atoms with Gasteiger partial charge in [0, 0.05) is 54.6 Å². The Labute approximate surface area is 204 Å². The minimum atomic E-state index is -0.502. The van der Waals surface area contributed by atoms with Crippen LogP contribution in [0.2, 0.25) is 0 Å². The van der Waals surface area contributed by atoms with E-state index in [0.717, 1.165) is 22.3 Å². The van der Waals surface area contributed by atoms with Gasteiger partial charge in [-0.15, -0.1) is 0 Å². The van der Waals surface area contributed by atoms with E-state index < -0.39 is 11.4 Å². The first-order valence-corrected chi connectivity index (χ1v) is 12.0. The summed E-state index contributed by atoms with van der Waals surface area (Å²) in [7, 11) is 1.65. The molecule has 0 aliphatic carbocycles. The Morgan fingerprint density at radius 1 is 1.11 bits per heavy atom. The molecule has 1 spiro atoms. The summed E-state index contributed by atoms with van der Waals surface area (Å²) < 4.78 is 19.5. The molecule has 8 heteroatoms. The van der Waals surface area contributed by atoms with Crippen molar-refractivity contribution in [2.24, 2.45) is 0 Å². The Bertz CT molecular complexity index is 1310. The third kappa shape index (κ3) is 3.72. The van der Waals surface area contributed by atoms with Gasteiger partial charge in [-0.2, -0.15) is 0 Å². The third-order valence-electron chi connectivity index (χ3n) is 7.79. The van der Waals surface area contributed by atoms with Gasteiger partial charge in [-0.05, 0) is 56.5 Å². The molecule has 2 N–H and O–H groups in total. The molecular formula is C27H31FN4O3. The highest BCUT2D eigenvalue weighted by molar-refractivity contribution is 5.91. The van der Waals surface area contributed by atoms with Gasteiger partial charge in [0.15, 0.2) is 0 Å². The van der Waals surface area contributed by atoms with Gasteiger partial charge >= 0.3 is 6.03 Å². The van der Waals surface area contributed by atoms with Crippen molar-refractivity contribution >= 4 is 28.5 Å². The molecule has 184 valence electrons. The number of aromatic amines is 1. The first-order valence-electron chi connectivity index (χ1n) is 12.0. The van der Waals surface area contributed by atoms with Crippen molar-refractivity contribution in [3.05, 3.63) is 59.5 Å². The number of nitrogens with one attached hydrogen (secondary N) is 2. The lowest BCUT2D eigenvalue weighted by Gasteiger charge is -2.53. The maximum atomic E-state index is 14.0. The molecule has 5 rings (SSSR count). The zero-order valence-corrected chi connectivity index (χ0v) is 20.6. The number of hydrogen-bond acceptors (Lipinski definition) is 3. The Morgan fingerprint density at radius 3 is 2.49 bits per heavy atom. The molecule has 2 aliphatic rings. The quantitative estimate of drug-likeness (QED) is 0.545. The van der Waals surface area contributed by atoms with Crippen LogP contribution in [0.3, 0.4) is 0 Å². The number of nitrogens with zero attached hydrogens (tertiary/aromatic N) is 2. The van der Waals surface area contributed by atoms with Crippen molar-refractivity contribution in [3.63, 3.8) is 0 Å². The molecule has 3 amide bonds. The number of para-hydroxylation sites is 1. The highest BCUT2D eigenvalue weighted by Crippen LogP contribution is 2.51. The van der Waals surface area contributed by atoms with Crippen molar-refractivity contribution in [2.45, 2.75) is 44.6 Å². The largest absolute Gasteiger partial charge is 0.497 e. The molecule has 2 aromatic carbocycles. The maximum Gasteiger partial charge on any atom is 0.321 e. The van der Waals surface area contributed by atoms with Crippen LogP contribution < -0.4 is 10.1 Å². The number of urea groups is 1. The summed E-state index contributed by atoms with van der Waals surface area (Å²) in [6, 6.07) is 11.9. The summed E-state index contributed by atoms with van der Waals surface area (Å²) in [5, 5.41) is 3.82. The van der Waals surface area contributed by atoms with E-state index in [1.54, 1.807) is 37.1 Å². The average Bonchev–Trinajstić information content (AvgIpc) is 3.24. The van der Waals surface area contributed by atoms with Crippen molar-refractivity contribution in [1.29, 1.82) is 0 Å². The van der Waals surface area contributed by atoms with E-state index in [0.29, 0.717) is 32.5 Å². The number of methoxy groups -OCH3 is 1. The Morgan fingerprint density at radius 2 is 1.83 bits per heavy atom. The van der Waals surface area contributed by atoms with E-state index in [2.05, 4.69) is 30.2 Å². The summed E-state index contributed by atoms with van der Waals surface area (Å²) in [5.74, 6) is 0.335. The van der Waals surface area contributed by atoms with Crippen molar-refractivity contribution in [1.82, 2.24) is 14.8 Å². The predicted octanol–water partition coefficient (Wildman–Crippen LogP) is 4.98. The van der Waals surface area contributed by atoms with E-state index >= 15 is 0 Å². The van der Waals surface area contributed by atoms with Crippen LogP contribution in [0.1, 0.15) is 44.9 Å². The van der Waals surface area contributed by atoms with E-state index in [9.17, 15) is 14.0 Å². The minimum Gasteiger partial charge on any atom is -0.497 e. The third-order valence-corrected chi connectivity index (χ3v) is 7.79. The van der Waals surface area contributed by atoms with Crippen LogP contribution in [0.15, 0.2) is 42.5 Å². The molecule has 1 saturated heterocycles. The molecule has 0 saturated carbocycles. The number of amides is 3. The molecule has 0 bridgehead atoms. The van der Waals surface area contributed by atoms with Crippen LogP contribution >= 0.6 is 0 Å². The number of benzene rings is 2. The van der Waals surface area contributed by atoms with Crippen LogP contribution in [0.25, 0.3) is 10.9 Å². The van der Waals surface area contributed by atoms with Gasteiger partial charge in [0.2, 0.25) is 5.91 Å². The number of rotatable bonds is 2. The topological polar surface area (TPSA) is 77.7 Å². The van der Waals surface area contributed by atoms with Crippen LogP contribution in [-0.2, 0) is 15.7 Å². The Hall–Kier alpha value is -3.55. The van der Waals surface area contributed by atoms with Gasteiger partial charge in [0.25, 0.3) is 0 Å². The predicted molar refractivity (Wildman–Crippen MR) is 133 cm³/mol. The van der Waals surface area contributed by atoms with Gasteiger partial charge in [0.05, 0.1) is 18.3 Å². The summed E-state index contributed by atoms with van der Waals surface area (Å²) in [6.07, 6.45) is 1.40. The number of ether oxygens (including phenoxy) is 1. The van der Waals surface area contributed by atoms with E-state index in [4.69, 9.17) is 4.74 Å². The van der Waals surface area contributed by atoms with Crippen LogP contribution in [0, 0.1) is 5.82 Å². The molecule has 3 heterocycles. The number of likely N-dealkylation sites (tertiary alicyclic amines) is 1. The number of halogens is 1. The first-order chi connectivity index (χ1) is 16.7. The Kier molecular flexibility index (Phi) is 5.49. The lowest BCUT2D eigenvalue weighted by atomic mass is 9.66. The van der Waals surface area contributed by atoms with Gasteiger partial charge in [0.1, 0.15) is 11.6 Å². The average molecular weight is 479 g/mol. The number of hydrogen-bond donors (Lipinski definition) is 2. The summed E-state index contributed by atoms with van der Waals surface area (Å²) in [6.45, 7) is 7.37. The Balaban J connectivity index is 1.49. The van der Waals surface area contributed by atoms with Crippen molar-refractivity contribution in [3.8, 4) is 5.75 Å². The normalized spacial score (nSPS) is 18.4. The fourth-order valence-electron chi connectivity index (χ4n) is 5.84. The zero-order chi connectivity index (χ0) is 25.0. The SMILES string of the molecule is COc1ccc2c3c([nH]c2c1)C(C)(C)N(C(C)=O)CC31CCN(C(=O)Nc2ccccc2F)CC1. The molecule has 1 aromatic heterocycles. The fraction of sp³-hybridized carbons (Fsp3) is 0.407. The highest BCUT2D eigenvalue weighted by atomic mass is 19.1. The number of carbonyl (C=O) groups is 2. The molecule has 0 unspecified atom stereocenters. The molecule has 3 aromatic rings. The van der Waals surface area contributed by atoms with Crippen molar-refractivity contribution in [2.75, 3.05) is 32.1 Å². The molecule has 7 nitrogen and oxygen atoms in total. The smallest absolute Gasteiger partial charge is 0.321 e. The molecule has 0 atom stereocenters. The molecular weight excluding hydrogens is 447 g/mol. The van der Waals surface area contributed by atoms with Crippen LogP contribution in [0.4, 0.5) is 14.9 Å². The second-order valence-electron chi connectivity index (χ2n) is 10.1. The van der Waals surface area contributed by atoms with Crippen molar-refractivity contribution < 1.29 is 18.7 Å². The first kappa shape index (κ1) is 23.2. The van der Waals surface area contributed by atoms with Gasteiger partial charge < -0.3 is 24.8 Å². The second-order valence-corrected chi connectivity index (χ2v) is 10.1. The lowest BCUT2D eigenvalue weighted by Crippen LogP contribution is -2.59. The van der Waals surface area contributed by atoms with Gasteiger partial charge in [-0.1, -0.05) is 12.1 Å². The zero-order valence-electron chi connectivity index (χ0n) is 20.6. The van der Waals surface area contributed by atoms with Gasteiger partial charge in [-0.3, -0.25) is 4.79 Å². The minimum absolute atomic E-state index is 0.0241. The number of H-pyrrole nitrogens is 1. The summed E-state index contributed by atoms with van der Waals surface area (Å²) in [4.78, 5) is 32.9. The van der Waals surface area contributed by atoms with E-state index in [-0.39, 0.29) is 23.0 Å². The molecule has 2 aliphatic heterocycles. The van der Waals surface area contributed by atoms with E-state index in [1.807, 2.05) is 17.0 Å². The van der Waals surface area contributed by atoms with Gasteiger partial charge in [-0.25, -0.2) is 9.18 Å². The molecule has 1 fully saturated rings. The maximum absolute atomic E-state index is 14.0. The summed E-state index contributed by atoms with van der Waals surface area (Å²) >= 11 is 0. The molecule has 0 radical (unpaired) electrons. The lowest BCUT2D eigenvalue weighted by molar-refractivity contribution is -0.137. The highest BCUT2D eigenvalue weighted by Gasteiger charge is 2.51. The van der Waals surface area contributed by atoms with Crippen LogP contribution in [0.5, 0.6) is 5.75 Å². The second kappa shape index (κ2) is 8.29. The number of aromatic nitrogens is 1. The molecule has 35 heavy (non-hydrogen) atoms. The number of anilines is 1.